The quantitative estimate of drug-likeness (QED) is 0.158. The highest BCUT2D eigenvalue weighted by Crippen LogP contribution is 2.30. The molecule has 0 radical (unpaired) electrons. The maximum absolute atomic E-state index is 13.9. The van der Waals surface area contributed by atoms with Crippen molar-refractivity contribution in [2.45, 2.75) is 30.7 Å². The third-order valence-electron chi connectivity index (χ3n) is 8.13. The number of thiocarbonyl (C=S) groups is 1. The van der Waals surface area contributed by atoms with E-state index in [1.807, 2.05) is 47.6 Å². The highest BCUT2D eigenvalue weighted by atomic mass is 32.2. The van der Waals surface area contributed by atoms with Gasteiger partial charge in [-0.1, -0.05) is 6.07 Å². The van der Waals surface area contributed by atoms with Gasteiger partial charge in [0.05, 0.1) is 24.3 Å². The number of carbonyl (C=O) groups is 3. The number of ether oxygens (including phenoxy) is 1. The van der Waals surface area contributed by atoms with E-state index in [0.29, 0.717) is 28.6 Å². The predicted octanol–water partition coefficient (Wildman–Crippen LogP) is 5.27. The van der Waals surface area contributed by atoms with E-state index >= 15 is 0 Å². The van der Waals surface area contributed by atoms with E-state index in [9.17, 15) is 18.8 Å². The number of nitrogens with zero attached hydrogens (tertiary/aromatic N) is 4. The van der Waals surface area contributed by atoms with Gasteiger partial charge in [0, 0.05) is 49.0 Å². The number of halogens is 1. The molecule has 0 aromatic heterocycles. The zero-order valence-electron chi connectivity index (χ0n) is 26.0. The van der Waals surface area contributed by atoms with E-state index in [1.54, 1.807) is 47.9 Å². The highest BCUT2D eigenvalue weighted by molar-refractivity contribution is 7.98. The zero-order valence-corrected chi connectivity index (χ0v) is 27.6. The standard InChI is InChI=1S/C34H38FN5O4S2/c1-3-44-33(43)24-8-12-26(13-9-24)36-31(41)23-30-32(42)40(28-6-4-7-29(22-28)46-2)34(45)39(30)17-5-16-37-18-20-38(21-19-37)27-14-10-25(35)11-15-27/h4,6-15,22,30H,3,5,16-21,23H2,1-2H3,(H,36,41)/t30-/m0/s1. The Bertz CT molecular complexity index is 1550. The molecule has 2 heterocycles. The first kappa shape index (κ1) is 33.4. The number of anilines is 3. The van der Waals surface area contributed by atoms with E-state index in [4.69, 9.17) is 17.0 Å². The molecule has 2 fully saturated rings. The van der Waals surface area contributed by atoms with Crippen molar-refractivity contribution in [2.75, 3.05) is 67.2 Å². The van der Waals surface area contributed by atoms with E-state index in [0.717, 1.165) is 49.7 Å². The Kier molecular flexibility index (Phi) is 11.3. The first-order chi connectivity index (χ1) is 22.3. The molecule has 242 valence electrons. The Labute approximate surface area is 278 Å². The van der Waals surface area contributed by atoms with Crippen LogP contribution in [0.1, 0.15) is 30.1 Å². The van der Waals surface area contributed by atoms with Crippen LogP contribution in [0.5, 0.6) is 0 Å². The van der Waals surface area contributed by atoms with Crippen LogP contribution in [-0.4, -0.2) is 90.9 Å². The van der Waals surface area contributed by atoms with Gasteiger partial charge in [0.25, 0.3) is 5.91 Å². The van der Waals surface area contributed by atoms with Crippen molar-refractivity contribution >= 4 is 63.9 Å². The average molecular weight is 664 g/mol. The summed E-state index contributed by atoms with van der Waals surface area (Å²) in [6.45, 7) is 6.78. The molecule has 5 rings (SSSR count). The molecule has 0 unspecified atom stereocenters. The molecule has 2 saturated heterocycles. The normalized spacial score (nSPS) is 17.0. The highest BCUT2D eigenvalue weighted by Gasteiger charge is 2.44. The largest absolute Gasteiger partial charge is 0.462 e. The summed E-state index contributed by atoms with van der Waals surface area (Å²) in [5.41, 5.74) is 2.61. The minimum Gasteiger partial charge on any atom is -0.462 e. The average Bonchev–Trinajstić information content (AvgIpc) is 3.29. The van der Waals surface area contributed by atoms with Gasteiger partial charge in [0.1, 0.15) is 11.9 Å². The smallest absolute Gasteiger partial charge is 0.338 e. The summed E-state index contributed by atoms with van der Waals surface area (Å²) in [6.07, 6.45) is 2.66. The van der Waals surface area contributed by atoms with E-state index in [2.05, 4.69) is 15.1 Å². The van der Waals surface area contributed by atoms with Crippen molar-refractivity contribution in [3.63, 3.8) is 0 Å². The molecule has 3 aromatic rings. The number of hydrogen-bond donors (Lipinski definition) is 1. The third-order valence-corrected chi connectivity index (χ3v) is 9.27. The van der Waals surface area contributed by atoms with Crippen LogP contribution in [0, 0.1) is 5.82 Å². The molecule has 2 aliphatic heterocycles. The van der Waals surface area contributed by atoms with E-state index in [-0.39, 0.29) is 30.7 Å². The molecule has 0 spiro atoms. The summed E-state index contributed by atoms with van der Waals surface area (Å²) in [5, 5.41) is 3.25. The number of amides is 2. The molecule has 0 saturated carbocycles. The molecule has 46 heavy (non-hydrogen) atoms. The van der Waals surface area contributed by atoms with Crippen molar-refractivity contribution < 1.29 is 23.5 Å². The molecule has 1 atom stereocenters. The predicted molar refractivity (Wildman–Crippen MR) is 184 cm³/mol. The number of hydrogen-bond acceptors (Lipinski definition) is 8. The molecular formula is C34H38FN5O4S2. The molecule has 2 amide bonds. The number of rotatable bonds is 12. The van der Waals surface area contributed by atoms with Crippen molar-refractivity contribution in [1.82, 2.24) is 9.80 Å². The van der Waals surface area contributed by atoms with Crippen molar-refractivity contribution in [3.8, 4) is 0 Å². The summed E-state index contributed by atoms with van der Waals surface area (Å²) >= 11 is 7.45. The summed E-state index contributed by atoms with van der Waals surface area (Å²) in [4.78, 5) is 48.2. The van der Waals surface area contributed by atoms with Gasteiger partial charge in [-0.2, -0.15) is 0 Å². The first-order valence-corrected chi connectivity index (χ1v) is 17.0. The molecule has 0 aliphatic carbocycles. The number of esters is 1. The Morgan fingerprint density at radius 1 is 0.978 bits per heavy atom. The van der Waals surface area contributed by atoms with Gasteiger partial charge in [-0.3, -0.25) is 19.4 Å². The van der Waals surface area contributed by atoms with Crippen LogP contribution in [0.2, 0.25) is 0 Å². The number of piperazine rings is 1. The number of thioether (sulfide) groups is 1. The minimum absolute atomic E-state index is 0.0757. The molecule has 3 aromatic carbocycles. The molecule has 12 heteroatoms. The number of benzene rings is 3. The second-order valence-electron chi connectivity index (χ2n) is 11.1. The maximum Gasteiger partial charge on any atom is 0.338 e. The van der Waals surface area contributed by atoms with Gasteiger partial charge in [0.2, 0.25) is 5.91 Å². The second-order valence-corrected chi connectivity index (χ2v) is 12.3. The van der Waals surface area contributed by atoms with Gasteiger partial charge < -0.3 is 19.9 Å². The van der Waals surface area contributed by atoms with Gasteiger partial charge in [0.15, 0.2) is 5.11 Å². The lowest BCUT2D eigenvalue weighted by Crippen LogP contribution is -2.47. The number of carbonyl (C=O) groups excluding carboxylic acids is 3. The molecular weight excluding hydrogens is 626 g/mol. The summed E-state index contributed by atoms with van der Waals surface area (Å²) in [7, 11) is 0. The topological polar surface area (TPSA) is 85.4 Å². The van der Waals surface area contributed by atoms with Crippen molar-refractivity contribution in [1.29, 1.82) is 0 Å². The van der Waals surface area contributed by atoms with E-state index < -0.39 is 12.0 Å². The Morgan fingerprint density at radius 2 is 1.70 bits per heavy atom. The fraction of sp³-hybridized carbons (Fsp3) is 0.353. The minimum atomic E-state index is -0.750. The van der Waals surface area contributed by atoms with Crippen molar-refractivity contribution in [2.24, 2.45) is 0 Å². The summed E-state index contributed by atoms with van der Waals surface area (Å²) in [6, 6.07) is 20.0. The van der Waals surface area contributed by atoms with E-state index in [1.165, 1.54) is 12.1 Å². The van der Waals surface area contributed by atoms with Gasteiger partial charge >= 0.3 is 5.97 Å². The van der Waals surface area contributed by atoms with Gasteiger partial charge in [-0.15, -0.1) is 11.8 Å². The summed E-state index contributed by atoms with van der Waals surface area (Å²) < 4.78 is 18.4. The zero-order chi connectivity index (χ0) is 32.6. The van der Waals surface area contributed by atoms with Crippen LogP contribution in [-0.2, 0) is 14.3 Å². The maximum atomic E-state index is 13.9. The van der Waals surface area contributed by atoms with Crippen LogP contribution in [0.25, 0.3) is 0 Å². The fourth-order valence-electron chi connectivity index (χ4n) is 5.71. The fourth-order valence-corrected chi connectivity index (χ4v) is 6.58. The van der Waals surface area contributed by atoms with Gasteiger partial charge in [-0.25, -0.2) is 9.18 Å². The number of nitrogens with one attached hydrogen (secondary N) is 1. The molecule has 0 bridgehead atoms. The monoisotopic (exact) mass is 663 g/mol. The van der Waals surface area contributed by atoms with Crippen LogP contribution in [0.3, 0.4) is 0 Å². The third kappa shape index (κ3) is 8.04. The second kappa shape index (κ2) is 15.5. The summed E-state index contributed by atoms with van der Waals surface area (Å²) in [5.74, 6) is -1.23. The van der Waals surface area contributed by atoms with Crippen LogP contribution in [0.4, 0.5) is 21.5 Å². The lowest BCUT2D eigenvalue weighted by atomic mass is 10.1. The Balaban J connectivity index is 1.23. The lowest BCUT2D eigenvalue weighted by Gasteiger charge is -2.36. The van der Waals surface area contributed by atoms with Crippen LogP contribution >= 0.6 is 24.0 Å². The van der Waals surface area contributed by atoms with Crippen molar-refractivity contribution in [3.05, 3.63) is 84.2 Å². The van der Waals surface area contributed by atoms with Crippen LogP contribution < -0.4 is 15.1 Å². The Hall–Kier alpha value is -4.00. The SMILES string of the molecule is CCOC(=O)c1ccc(NC(=O)C[C@H]2C(=O)N(c3cccc(SC)c3)C(=S)N2CCCN2CCN(c3ccc(F)cc3)CC2)cc1. The lowest BCUT2D eigenvalue weighted by molar-refractivity contribution is -0.124. The molecule has 2 aliphatic rings. The van der Waals surface area contributed by atoms with Gasteiger partial charge in [-0.05, 0) is 105 Å². The molecule has 1 N–H and O–H groups in total. The first-order valence-electron chi connectivity index (χ1n) is 15.4. The molecule has 9 nitrogen and oxygen atoms in total. The van der Waals surface area contributed by atoms with Crippen LogP contribution in [0.15, 0.2) is 77.7 Å². The Morgan fingerprint density at radius 3 is 2.37 bits per heavy atom.